The maximum absolute atomic E-state index is 11.8. The third kappa shape index (κ3) is 5.04. The van der Waals surface area contributed by atoms with E-state index >= 15 is 0 Å². The number of hydrogen-bond acceptors (Lipinski definition) is 7. The second-order valence-corrected chi connectivity index (χ2v) is 12.6. The van der Waals surface area contributed by atoms with Gasteiger partial charge in [-0.1, -0.05) is 35.7 Å². The number of nitrogens with one attached hydrogen (secondary N) is 2. The molecule has 1 atom stereocenters. The molecule has 0 amide bonds. The highest BCUT2D eigenvalue weighted by atomic mass is 32.2. The summed E-state index contributed by atoms with van der Waals surface area (Å²) in [6.07, 6.45) is 6.96. The zero-order valence-electron chi connectivity index (χ0n) is 20.8. The average molecular weight is 533 g/mol. The van der Waals surface area contributed by atoms with Gasteiger partial charge in [-0.05, 0) is 61.6 Å². The normalized spacial score (nSPS) is 22.4. The Hall–Kier alpha value is -2.39. The molecule has 8 heteroatoms. The van der Waals surface area contributed by atoms with Crippen molar-refractivity contribution in [3.05, 3.63) is 70.6 Å². The van der Waals surface area contributed by atoms with Crippen molar-refractivity contribution in [1.29, 1.82) is 0 Å². The lowest BCUT2D eigenvalue weighted by Crippen LogP contribution is -2.40. The van der Waals surface area contributed by atoms with Crippen LogP contribution in [0.5, 0.6) is 0 Å². The molecule has 2 N–H and O–H groups in total. The van der Waals surface area contributed by atoms with E-state index in [2.05, 4.69) is 56.5 Å². The molecule has 192 valence electrons. The highest BCUT2D eigenvalue weighted by Crippen LogP contribution is 2.52. The van der Waals surface area contributed by atoms with E-state index in [1.165, 1.54) is 69.6 Å². The number of benzene rings is 2. The Labute approximate surface area is 226 Å². The summed E-state index contributed by atoms with van der Waals surface area (Å²) in [5, 5.41) is 3.82. The second-order valence-electron chi connectivity index (χ2n) is 10.4. The lowest BCUT2D eigenvalue weighted by atomic mass is 10.0. The van der Waals surface area contributed by atoms with Gasteiger partial charge in [-0.3, -0.25) is 4.79 Å². The Kier molecular flexibility index (Phi) is 6.44. The van der Waals surface area contributed by atoms with Gasteiger partial charge in [0.25, 0.3) is 0 Å². The Morgan fingerprint density at radius 2 is 1.81 bits per heavy atom. The Morgan fingerprint density at radius 3 is 2.65 bits per heavy atom. The molecule has 7 rings (SSSR count). The SMILES string of the molecule is O=c1cc(N2CCOC(c3cccc4c3Sc3ccc(NC5CCN(C6CC6)CC5)cc3S4)C2)cc[nH]1. The van der Waals surface area contributed by atoms with Crippen LogP contribution in [-0.4, -0.2) is 54.8 Å². The molecular formula is C29H32N4O2S2. The van der Waals surface area contributed by atoms with Crippen molar-refractivity contribution in [2.45, 2.75) is 63.5 Å². The first-order valence-electron chi connectivity index (χ1n) is 13.4. The third-order valence-electron chi connectivity index (χ3n) is 7.89. The van der Waals surface area contributed by atoms with Gasteiger partial charge in [0.1, 0.15) is 6.10 Å². The molecule has 0 bridgehead atoms. The monoisotopic (exact) mass is 532 g/mol. The van der Waals surface area contributed by atoms with Crippen LogP contribution >= 0.6 is 23.5 Å². The molecule has 3 fully saturated rings. The van der Waals surface area contributed by atoms with Crippen molar-refractivity contribution < 1.29 is 4.74 Å². The van der Waals surface area contributed by atoms with Crippen molar-refractivity contribution >= 4 is 34.9 Å². The van der Waals surface area contributed by atoms with Crippen LogP contribution in [0, 0.1) is 0 Å². The number of rotatable bonds is 5. The minimum Gasteiger partial charge on any atom is -0.382 e. The van der Waals surface area contributed by atoms with Crippen molar-refractivity contribution in [3.63, 3.8) is 0 Å². The first-order valence-corrected chi connectivity index (χ1v) is 15.0. The fraction of sp³-hybridized carbons (Fsp3) is 0.414. The van der Waals surface area contributed by atoms with Gasteiger partial charge in [-0.2, -0.15) is 0 Å². The van der Waals surface area contributed by atoms with E-state index in [-0.39, 0.29) is 11.7 Å². The molecule has 3 aromatic rings. The van der Waals surface area contributed by atoms with Crippen LogP contribution in [-0.2, 0) is 4.74 Å². The lowest BCUT2D eigenvalue weighted by Gasteiger charge is -2.36. The largest absolute Gasteiger partial charge is 0.382 e. The molecule has 1 saturated carbocycles. The van der Waals surface area contributed by atoms with E-state index in [1.54, 1.807) is 12.3 Å². The van der Waals surface area contributed by atoms with E-state index in [0.29, 0.717) is 12.6 Å². The van der Waals surface area contributed by atoms with Crippen LogP contribution in [0.1, 0.15) is 37.4 Å². The minimum atomic E-state index is -0.0706. The maximum Gasteiger partial charge on any atom is 0.249 e. The van der Waals surface area contributed by atoms with Gasteiger partial charge in [-0.15, -0.1) is 0 Å². The Balaban J connectivity index is 1.06. The molecule has 1 unspecified atom stereocenters. The van der Waals surface area contributed by atoms with Gasteiger partial charge in [0, 0.05) is 81.5 Å². The first kappa shape index (κ1) is 23.7. The smallest absolute Gasteiger partial charge is 0.249 e. The quantitative estimate of drug-likeness (QED) is 0.347. The number of fused-ring (bicyclic) bond motifs is 2. The summed E-state index contributed by atoms with van der Waals surface area (Å²) in [5.74, 6) is 0. The number of ether oxygens (including phenoxy) is 1. The number of H-pyrrole nitrogens is 1. The summed E-state index contributed by atoms with van der Waals surface area (Å²) >= 11 is 3.72. The molecule has 3 aliphatic heterocycles. The first-order chi connectivity index (χ1) is 18.2. The number of hydrogen-bond donors (Lipinski definition) is 2. The van der Waals surface area contributed by atoms with Crippen molar-refractivity contribution in [2.75, 3.05) is 43.0 Å². The molecule has 6 nitrogen and oxygen atoms in total. The zero-order valence-corrected chi connectivity index (χ0v) is 22.5. The second kappa shape index (κ2) is 10.1. The Bertz CT molecular complexity index is 1350. The fourth-order valence-corrected chi connectivity index (χ4v) is 8.20. The van der Waals surface area contributed by atoms with E-state index < -0.39 is 0 Å². The van der Waals surface area contributed by atoms with Crippen LogP contribution < -0.4 is 15.8 Å². The molecule has 4 aliphatic rings. The number of nitrogens with zero attached hydrogens (tertiary/aromatic N) is 2. The fourth-order valence-electron chi connectivity index (χ4n) is 5.75. The topological polar surface area (TPSA) is 60.6 Å². The number of aromatic nitrogens is 1. The van der Waals surface area contributed by atoms with Gasteiger partial charge in [0.15, 0.2) is 0 Å². The van der Waals surface area contributed by atoms with Crippen molar-refractivity contribution in [1.82, 2.24) is 9.88 Å². The standard InChI is InChI=1S/C29H32N4O2S2/c34-28-17-22(8-11-30-28)33-14-15-35-24(18-33)23-2-1-3-26-29(23)37-25-7-4-20(16-27(25)36-26)31-19-9-12-32(13-10-19)21-5-6-21/h1-4,7-8,11,16-17,19,21,24,31H,5-6,9-10,12-15,18H2,(H,30,34). The minimum absolute atomic E-state index is 0.0277. The van der Waals surface area contributed by atoms with Crippen LogP contribution in [0.15, 0.2) is 79.1 Å². The summed E-state index contributed by atoms with van der Waals surface area (Å²) in [6, 6.07) is 18.5. The molecule has 2 saturated heterocycles. The molecule has 1 aliphatic carbocycles. The average Bonchev–Trinajstić information content (AvgIpc) is 3.78. The van der Waals surface area contributed by atoms with Gasteiger partial charge in [0.05, 0.1) is 6.61 Å². The highest BCUT2D eigenvalue weighted by molar-refractivity contribution is 8.05. The molecule has 0 spiro atoms. The molecule has 37 heavy (non-hydrogen) atoms. The summed E-state index contributed by atoms with van der Waals surface area (Å²) in [5.41, 5.74) is 3.35. The molecule has 0 radical (unpaired) electrons. The van der Waals surface area contributed by atoms with Gasteiger partial charge in [0.2, 0.25) is 5.56 Å². The number of morpholine rings is 1. The van der Waals surface area contributed by atoms with E-state index in [9.17, 15) is 4.79 Å². The number of aromatic amines is 1. The Morgan fingerprint density at radius 1 is 0.919 bits per heavy atom. The van der Waals surface area contributed by atoms with E-state index in [4.69, 9.17) is 4.74 Å². The summed E-state index contributed by atoms with van der Waals surface area (Å²) in [6.45, 7) is 4.63. The number of anilines is 2. The summed E-state index contributed by atoms with van der Waals surface area (Å²) < 4.78 is 6.27. The van der Waals surface area contributed by atoms with Gasteiger partial charge in [-0.25, -0.2) is 0 Å². The molecule has 2 aromatic carbocycles. The number of piperidine rings is 1. The van der Waals surface area contributed by atoms with Crippen molar-refractivity contribution in [3.8, 4) is 0 Å². The van der Waals surface area contributed by atoms with Crippen LogP contribution in [0.3, 0.4) is 0 Å². The third-order valence-corrected chi connectivity index (χ3v) is 10.5. The van der Waals surface area contributed by atoms with Gasteiger partial charge >= 0.3 is 0 Å². The van der Waals surface area contributed by atoms with Crippen LogP contribution in [0.25, 0.3) is 0 Å². The zero-order chi connectivity index (χ0) is 24.8. The van der Waals surface area contributed by atoms with E-state index in [0.717, 1.165) is 24.8 Å². The molecule has 1 aromatic heterocycles. The number of likely N-dealkylation sites (tertiary alicyclic amines) is 1. The van der Waals surface area contributed by atoms with Crippen molar-refractivity contribution in [2.24, 2.45) is 0 Å². The number of pyridine rings is 1. The summed E-state index contributed by atoms with van der Waals surface area (Å²) in [4.78, 5) is 24.7. The van der Waals surface area contributed by atoms with Gasteiger partial charge < -0.3 is 24.8 Å². The predicted octanol–water partition coefficient (Wildman–Crippen LogP) is 5.61. The highest BCUT2D eigenvalue weighted by Gasteiger charge is 2.32. The molecular weight excluding hydrogens is 500 g/mol. The predicted molar refractivity (Wildman–Crippen MR) is 150 cm³/mol. The van der Waals surface area contributed by atoms with Crippen LogP contribution in [0.4, 0.5) is 11.4 Å². The lowest BCUT2D eigenvalue weighted by molar-refractivity contribution is 0.0379. The van der Waals surface area contributed by atoms with E-state index in [1.807, 2.05) is 29.6 Å². The van der Waals surface area contributed by atoms with Crippen LogP contribution in [0.2, 0.25) is 0 Å². The summed E-state index contributed by atoms with van der Waals surface area (Å²) in [7, 11) is 0. The maximum atomic E-state index is 11.8. The molecule has 4 heterocycles.